The third-order valence-corrected chi connectivity index (χ3v) is 3.87. The lowest BCUT2D eigenvalue weighted by Crippen LogP contribution is -2.45. The van der Waals surface area contributed by atoms with E-state index in [0.29, 0.717) is 11.3 Å². The first kappa shape index (κ1) is 14.6. The van der Waals surface area contributed by atoms with E-state index in [0.717, 1.165) is 18.6 Å². The Balaban J connectivity index is 2.58. The largest absolute Gasteiger partial charge is 0.406 e. The van der Waals surface area contributed by atoms with Gasteiger partial charge in [0.25, 0.3) is 0 Å². The number of rotatable bonds is 4. The van der Waals surface area contributed by atoms with Crippen LogP contribution in [0.5, 0.6) is 0 Å². The van der Waals surface area contributed by atoms with Gasteiger partial charge in [-0.2, -0.15) is 13.2 Å². The SMILES string of the molecule is O=C(C1CCCCS1)N(CCO)CC(F)(F)F. The second-order valence-corrected chi connectivity index (χ2v) is 5.26. The molecular weight excluding hydrogens is 255 g/mol. The van der Waals surface area contributed by atoms with E-state index in [2.05, 4.69) is 0 Å². The molecule has 0 saturated carbocycles. The molecule has 0 aromatic carbocycles. The number of nitrogens with zero attached hydrogens (tertiary/aromatic N) is 1. The number of amides is 1. The highest BCUT2D eigenvalue weighted by Crippen LogP contribution is 2.27. The summed E-state index contributed by atoms with van der Waals surface area (Å²) in [5.74, 6) is 0.316. The van der Waals surface area contributed by atoms with E-state index >= 15 is 0 Å². The first-order valence-electron chi connectivity index (χ1n) is 5.52. The second kappa shape index (κ2) is 6.49. The van der Waals surface area contributed by atoms with Crippen molar-refractivity contribution in [2.75, 3.05) is 25.4 Å². The molecule has 1 unspecified atom stereocenters. The molecule has 3 nitrogen and oxygen atoms in total. The average Bonchev–Trinajstić information content (AvgIpc) is 2.27. The van der Waals surface area contributed by atoms with Crippen LogP contribution in [0.15, 0.2) is 0 Å². The number of halogens is 3. The van der Waals surface area contributed by atoms with Gasteiger partial charge in [-0.05, 0) is 18.6 Å². The summed E-state index contributed by atoms with van der Waals surface area (Å²) < 4.78 is 36.8. The standard InChI is InChI=1S/C10H16F3NO2S/c11-10(12,13)7-14(4-5-15)9(16)8-3-1-2-6-17-8/h8,15H,1-7H2. The monoisotopic (exact) mass is 271 g/mol. The van der Waals surface area contributed by atoms with Crippen LogP contribution in [-0.2, 0) is 4.79 Å². The lowest BCUT2D eigenvalue weighted by molar-refractivity contribution is -0.161. The molecule has 0 aromatic heterocycles. The van der Waals surface area contributed by atoms with E-state index in [1.54, 1.807) is 0 Å². The van der Waals surface area contributed by atoms with Gasteiger partial charge in [0.15, 0.2) is 0 Å². The fourth-order valence-electron chi connectivity index (χ4n) is 1.74. The summed E-state index contributed by atoms with van der Waals surface area (Å²) in [6.07, 6.45) is -1.90. The first-order chi connectivity index (χ1) is 7.94. The molecule has 1 aliphatic rings. The second-order valence-electron chi connectivity index (χ2n) is 3.95. The number of alkyl halides is 3. The highest BCUT2D eigenvalue weighted by molar-refractivity contribution is 8.00. The summed E-state index contributed by atoms with van der Waals surface area (Å²) >= 11 is 1.41. The van der Waals surface area contributed by atoms with Crippen molar-refractivity contribution in [2.45, 2.75) is 30.7 Å². The minimum Gasteiger partial charge on any atom is -0.395 e. The van der Waals surface area contributed by atoms with E-state index in [4.69, 9.17) is 5.11 Å². The Bertz CT molecular complexity index is 254. The zero-order valence-corrected chi connectivity index (χ0v) is 10.2. The fraction of sp³-hybridized carbons (Fsp3) is 0.900. The van der Waals surface area contributed by atoms with E-state index in [9.17, 15) is 18.0 Å². The molecule has 7 heteroatoms. The van der Waals surface area contributed by atoms with Gasteiger partial charge in [0.1, 0.15) is 6.54 Å². The summed E-state index contributed by atoms with van der Waals surface area (Å²) in [5.41, 5.74) is 0. The average molecular weight is 271 g/mol. The minimum atomic E-state index is -4.41. The van der Waals surface area contributed by atoms with Crippen LogP contribution in [0.3, 0.4) is 0 Å². The van der Waals surface area contributed by atoms with Crippen LogP contribution in [0.4, 0.5) is 13.2 Å². The smallest absolute Gasteiger partial charge is 0.395 e. The van der Waals surface area contributed by atoms with Crippen molar-refractivity contribution in [1.82, 2.24) is 4.90 Å². The van der Waals surface area contributed by atoms with Crippen molar-refractivity contribution in [2.24, 2.45) is 0 Å². The molecule has 0 aromatic rings. The zero-order valence-electron chi connectivity index (χ0n) is 9.37. The van der Waals surface area contributed by atoms with Crippen LogP contribution < -0.4 is 0 Å². The van der Waals surface area contributed by atoms with Crippen LogP contribution >= 0.6 is 11.8 Å². The number of aliphatic hydroxyl groups excluding tert-OH is 1. The van der Waals surface area contributed by atoms with Gasteiger partial charge in [-0.1, -0.05) is 6.42 Å². The molecule has 1 atom stereocenters. The molecule has 0 bridgehead atoms. The van der Waals surface area contributed by atoms with Gasteiger partial charge in [0, 0.05) is 6.54 Å². The predicted octanol–water partition coefficient (Wildman–Crippen LogP) is 1.66. The van der Waals surface area contributed by atoms with Crippen LogP contribution in [0.2, 0.25) is 0 Å². The lowest BCUT2D eigenvalue weighted by Gasteiger charge is -2.29. The molecule has 0 radical (unpaired) electrons. The molecule has 1 aliphatic heterocycles. The summed E-state index contributed by atoms with van der Waals surface area (Å²) in [6, 6.07) is 0. The molecule has 1 fully saturated rings. The Labute approximate surface area is 102 Å². The van der Waals surface area contributed by atoms with Crippen molar-refractivity contribution < 1.29 is 23.1 Å². The van der Waals surface area contributed by atoms with Crippen molar-refractivity contribution in [3.63, 3.8) is 0 Å². The zero-order chi connectivity index (χ0) is 12.9. The minimum absolute atomic E-state index is 0.255. The van der Waals surface area contributed by atoms with Crippen LogP contribution in [-0.4, -0.2) is 52.8 Å². The van der Waals surface area contributed by atoms with Crippen molar-refractivity contribution >= 4 is 17.7 Å². The fourth-order valence-corrected chi connectivity index (χ4v) is 3.02. The normalized spacial score (nSPS) is 21.3. The number of carbonyl (C=O) groups is 1. The van der Waals surface area contributed by atoms with Gasteiger partial charge in [-0.25, -0.2) is 0 Å². The van der Waals surface area contributed by atoms with Crippen molar-refractivity contribution in [3.05, 3.63) is 0 Å². The third kappa shape index (κ3) is 5.16. The molecule has 0 spiro atoms. The Morgan fingerprint density at radius 2 is 2.12 bits per heavy atom. The molecule has 1 amide bonds. The number of thioether (sulfide) groups is 1. The molecule has 0 aliphatic carbocycles. The quantitative estimate of drug-likeness (QED) is 0.845. The summed E-state index contributed by atoms with van der Waals surface area (Å²) in [6.45, 7) is -1.97. The van der Waals surface area contributed by atoms with E-state index in [1.807, 2.05) is 0 Å². The topological polar surface area (TPSA) is 40.5 Å². The number of carbonyl (C=O) groups excluding carboxylic acids is 1. The Kier molecular flexibility index (Phi) is 5.58. The number of hydrogen-bond donors (Lipinski definition) is 1. The van der Waals surface area contributed by atoms with Gasteiger partial charge in [-0.15, -0.1) is 11.8 Å². The molecule has 100 valence electrons. The molecule has 17 heavy (non-hydrogen) atoms. The van der Waals surface area contributed by atoms with E-state index in [1.165, 1.54) is 11.8 Å². The number of aliphatic hydroxyl groups is 1. The van der Waals surface area contributed by atoms with Gasteiger partial charge < -0.3 is 10.0 Å². The van der Waals surface area contributed by atoms with Crippen LogP contribution in [0.25, 0.3) is 0 Å². The van der Waals surface area contributed by atoms with E-state index < -0.39 is 25.2 Å². The summed E-state index contributed by atoms with van der Waals surface area (Å²) in [7, 11) is 0. The van der Waals surface area contributed by atoms with E-state index in [-0.39, 0.29) is 11.8 Å². The van der Waals surface area contributed by atoms with Crippen LogP contribution in [0, 0.1) is 0 Å². The molecule has 1 saturated heterocycles. The number of hydrogen-bond acceptors (Lipinski definition) is 3. The summed E-state index contributed by atoms with van der Waals surface area (Å²) in [4.78, 5) is 12.6. The third-order valence-electron chi connectivity index (χ3n) is 2.51. The predicted molar refractivity (Wildman–Crippen MR) is 59.8 cm³/mol. The van der Waals surface area contributed by atoms with Gasteiger partial charge >= 0.3 is 6.18 Å². The van der Waals surface area contributed by atoms with Crippen molar-refractivity contribution in [3.8, 4) is 0 Å². The summed E-state index contributed by atoms with van der Waals surface area (Å²) in [5, 5.41) is 8.34. The lowest BCUT2D eigenvalue weighted by atomic mass is 10.1. The molecule has 1 N–H and O–H groups in total. The van der Waals surface area contributed by atoms with Crippen molar-refractivity contribution in [1.29, 1.82) is 0 Å². The highest BCUT2D eigenvalue weighted by Gasteiger charge is 2.35. The van der Waals surface area contributed by atoms with Gasteiger partial charge in [0.05, 0.1) is 11.9 Å². The Morgan fingerprint density at radius 3 is 2.59 bits per heavy atom. The molecular formula is C10H16F3NO2S. The molecule has 1 rings (SSSR count). The Hall–Kier alpha value is -0.430. The maximum Gasteiger partial charge on any atom is 0.406 e. The maximum absolute atomic E-state index is 12.3. The molecule has 1 heterocycles. The highest BCUT2D eigenvalue weighted by atomic mass is 32.2. The van der Waals surface area contributed by atoms with Crippen LogP contribution in [0.1, 0.15) is 19.3 Å². The first-order valence-corrected chi connectivity index (χ1v) is 6.57. The Morgan fingerprint density at radius 1 is 1.41 bits per heavy atom. The van der Waals surface area contributed by atoms with Gasteiger partial charge in [-0.3, -0.25) is 4.79 Å². The maximum atomic E-state index is 12.3. The van der Waals surface area contributed by atoms with Gasteiger partial charge in [0.2, 0.25) is 5.91 Å².